The molecule has 0 radical (unpaired) electrons. The second-order valence-corrected chi connectivity index (χ2v) is 9.07. The Hall–Kier alpha value is -4.59. The minimum atomic E-state index is -1.72. The van der Waals surface area contributed by atoms with Crippen LogP contribution in [0.4, 0.5) is 15.5 Å². The maximum atomic E-state index is 11.7. The molecule has 0 atom stereocenters. The lowest BCUT2D eigenvalue weighted by atomic mass is 10.1. The lowest BCUT2D eigenvalue weighted by Crippen LogP contribution is -2.36. The fraction of sp³-hybridized carbons (Fsp3) is 0.217. The predicted molar refractivity (Wildman–Crippen MR) is 134 cm³/mol. The van der Waals surface area contributed by atoms with E-state index < -0.39 is 18.1 Å². The largest absolute Gasteiger partial charge is 0.496 e. The van der Waals surface area contributed by atoms with Gasteiger partial charge in [-0.2, -0.15) is 10.1 Å². The average Bonchev–Trinajstić information content (AvgIpc) is 3.09. The monoisotopic (exact) mass is 520 g/mol. The van der Waals surface area contributed by atoms with Crippen molar-refractivity contribution < 1.29 is 24.5 Å². The van der Waals surface area contributed by atoms with Crippen molar-refractivity contribution in [1.29, 1.82) is 0 Å². The van der Waals surface area contributed by atoms with E-state index >= 15 is 0 Å². The lowest BCUT2D eigenvalue weighted by Gasteiger charge is -2.14. The summed E-state index contributed by atoms with van der Waals surface area (Å²) in [5, 5.41) is 24.8. The Labute approximate surface area is 213 Å². The average molecular weight is 521 g/mol. The summed E-state index contributed by atoms with van der Waals surface area (Å²) < 4.78 is 7.09. The van der Waals surface area contributed by atoms with Gasteiger partial charge in [-0.05, 0) is 25.5 Å². The highest BCUT2D eigenvalue weighted by Gasteiger charge is 2.30. The Morgan fingerprint density at radius 1 is 1.14 bits per heavy atom. The molecule has 1 aliphatic rings. The molecule has 4 aromatic heterocycles. The zero-order valence-corrected chi connectivity index (χ0v) is 20.7. The van der Waals surface area contributed by atoms with Crippen molar-refractivity contribution in [2.24, 2.45) is 0 Å². The normalized spacial score (nSPS) is 12.7. The van der Waals surface area contributed by atoms with E-state index in [0.717, 1.165) is 22.3 Å². The van der Waals surface area contributed by atoms with Gasteiger partial charge in [0.05, 0.1) is 30.4 Å². The molecule has 2 amide bonds. The van der Waals surface area contributed by atoms with Gasteiger partial charge in [0.25, 0.3) is 0 Å². The van der Waals surface area contributed by atoms with Gasteiger partial charge in [-0.15, -0.1) is 16.7 Å². The molecule has 0 spiro atoms. The highest BCUT2D eigenvalue weighted by atomic mass is 32.2. The van der Waals surface area contributed by atoms with E-state index in [1.165, 1.54) is 18.1 Å². The number of carboxylic acid groups (broad SMARTS) is 2. The number of carbonyl (C=O) groups is 2. The van der Waals surface area contributed by atoms with E-state index in [4.69, 9.17) is 9.84 Å². The summed E-state index contributed by atoms with van der Waals surface area (Å²) in [6.45, 7) is 3.96. The molecule has 13 nitrogen and oxygen atoms in total. The molecule has 0 unspecified atom stereocenters. The lowest BCUT2D eigenvalue weighted by molar-refractivity contribution is 0.183. The number of anilines is 1. The third-order valence-electron chi connectivity index (χ3n) is 5.81. The third-order valence-corrected chi connectivity index (χ3v) is 6.84. The topological polar surface area (TPSA) is 169 Å². The molecule has 0 aliphatic carbocycles. The van der Waals surface area contributed by atoms with E-state index in [1.54, 1.807) is 30.4 Å². The number of aromatic nitrogens is 7. The van der Waals surface area contributed by atoms with Crippen molar-refractivity contribution in [3.63, 3.8) is 0 Å². The number of pyridine rings is 1. The number of amides is 2. The van der Waals surface area contributed by atoms with Crippen molar-refractivity contribution in [2.75, 3.05) is 17.8 Å². The number of methoxy groups -OCH3 is 1. The zero-order valence-electron chi connectivity index (χ0n) is 19.9. The van der Waals surface area contributed by atoms with E-state index in [2.05, 4.69) is 24.9 Å². The summed E-state index contributed by atoms with van der Waals surface area (Å²) in [7, 11) is 1.58. The first-order chi connectivity index (χ1) is 17.8. The van der Waals surface area contributed by atoms with Gasteiger partial charge < -0.3 is 14.9 Å². The van der Waals surface area contributed by atoms with Crippen LogP contribution < -0.4 is 9.64 Å². The minimum absolute atomic E-state index is 0.0795. The van der Waals surface area contributed by atoms with E-state index in [0.29, 0.717) is 33.3 Å². The van der Waals surface area contributed by atoms with Crippen LogP contribution in [0.2, 0.25) is 0 Å². The van der Waals surface area contributed by atoms with Gasteiger partial charge in [0.2, 0.25) is 5.95 Å². The first-order valence-corrected chi connectivity index (χ1v) is 11.9. The molecule has 0 saturated heterocycles. The third kappa shape index (κ3) is 4.31. The van der Waals surface area contributed by atoms with Crippen LogP contribution in [0.15, 0.2) is 29.9 Å². The Morgan fingerprint density at radius 3 is 2.54 bits per heavy atom. The molecule has 37 heavy (non-hydrogen) atoms. The van der Waals surface area contributed by atoms with Crippen molar-refractivity contribution in [1.82, 2.24) is 34.7 Å². The summed E-state index contributed by atoms with van der Waals surface area (Å²) in [5.74, 6) is 0.662. The van der Waals surface area contributed by atoms with Crippen molar-refractivity contribution >= 4 is 52.6 Å². The molecule has 4 aromatic rings. The second-order valence-electron chi connectivity index (χ2n) is 8.10. The summed E-state index contributed by atoms with van der Waals surface area (Å²) >= 11 is 1.31. The highest BCUT2D eigenvalue weighted by Crippen LogP contribution is 2.38. The molecule has 0 saturated carbocycles. The van der Waals surface area contributed by atoms with Crippen molar-refractivity contribution in [3.8, 4) is 5.75 Å². The smallest absolute Gasteiger partial charge is 0.424 e. The number of rotatable bonds is 5. The molecule has 188 valence electrons. The van der Waals surface area contributed by atoms with Crippen molar-refractivity contribution in [3.05, 3.63) is 53.0 Å². The summed E-state index contributed by atoms with van der Waals surface area (Å²) in [4.78, 5) is 44.8. The van der Waals surface area contributed by atoms with Gasteiger partial charge >= 0.3 is 12.2 Å². The van der Waals surface area contributed by atoms with Gasteiger partial charge in [-0.25, -0.2) is 29.2 Å². The SMILES string of the molecule is COc1c(C)cnc(Cn2nc3c4c(nc(N(C(=O)O)C(=O)O)nc42)SCC(c2cncnc2)=C3)c1C. The van der Waals surface area contributed by atoms with Gasteiger partial charge in [-0.1, -0.05) is 0 Å². The van der Waals surface area contributed by atoms with Crippen LogP contribution >= 0.6 is 11.8 Å². The second kappa shape index (κ2) is 9.46. The van der Waals surface area contributed by atoms with E-state index in [-0.39, 0.29) is 17.1 Å². The number of imide groups is 1. The van der Waals surface area contributed by atoms with Crippen LogP contribution in [0, 0.1) is 13.8 Å². The van der Waals surface area contributed by atoms with Crippen LogP contribution in [-0.4, -0.2) is 70.0 Å². The molecule has 0 aromatic carbocycles. The minimum Gasteiger partial charge on any atom is -0.496 e. The van der Waals surface area contributed by atoms with Gasteiger partial charge in [0.1, 0.15) is 17.1 Å². The van der Waals surface area contributed by atoms with Crippen LogP contribution in [0.3, 0.4) is 0 Å². The standard InChI is InChI=1S/C23H20N8O5S/c1-11-5-26-16(12(2)18(11)36-3)8-30-19-17-15(29-30)4-13(14-6-24-10-25-7-14)9-37-20(17)28-21(27-19)31(22(32)33)23(34)35/h4-7,10H,8-9H2,1-3H3,(H,32,33)(H,34,35). The maximum absolute atomic E-state index is 11.7. The van der Waals surface area contributed by atoms with Gasteiger partial charge in [0, 0.05) is 41.0 Å². The number of ether oxygens (including phenoxy) is 1. The number of hydrogen-bond donors (Lipinski definition) is 2. The highest BCUT2D eigenvalue weighted by molar-refractivity contribution is 7.99. The first-order valence-electron chi connectivity index (χ1n) is 10.9. The quantitative estimate of drug-likeness (QED) is 0.368. The van der Waals surface area contributed by atoms with Crippen molar-refractivity contribution in [2.45, 2.75) is 25.4 Å². The molecule has 0 fully saturated rings. The van der Waals surface area contributed by atoms with Crippen LogP contribution in [-0.2, 0) is 6.54 Å². The molecular weight excluding hydrogens is 500 g/mol. The molecule has 1 aliphatic heterocycles. The number of hydrogen-bond acceptors (Lipinski definition) is 10. The van der Waals surface area contributed by atoms with Gasteiger partial charge in [-0.3, -0.25) is 4.98 Å². The number of thioether (sulfide) groups is 1. The Balaban J connectivity index is 1.72. The number of nitrogens with zero attached hydrogens (tertiary/aromatic N) is 8. The van der Waals surface area contributed by atoms with Crippen LogP contribution in [0.5, 0.6) is 5.75 Å². The summed E-state index contributed by atoms with van der Waals surface area (Å²) in [5.41, 5.74) is 4.85. The Bertz CT molecular complexity index is 1570. The molecular formula is C23H20N8O5S. The maximum Gasteiger partial charge on any atom is 0.424 e. The van der Waals surface area contributed by atoms with E-state index in [1.807, 2.05) is 19.9 Å². The molecule has 5 heterocycles. The predicted octanol–water partition coefficient (Wildman–Crippen LogP) is 3.49. The van der Waals surface area contributed by atoms with E-state index in [9.17, 15) is 19.8 Å². The molecule has 5 rings (SSSR count). The fourth-order valence-corrected chi connectivity index (χ4v) is 5.11. The molecule has 0 bridgehead atoms. The molecule has 2 N–H and O–H groups in total. The first kappa shape index (κ1) is 24.1. The molecule has 14 heteroatoms. The van der Waals surface area contributed by atoms with Gasteiger partial charge in [0.15, 0.2) is 5.65 Å². The number of aryl methyl sites for hydroxylation is 1. The Morgan fingerprint density at radius 2 is 1.86 bits per heavy atom. The summed E-state index contributed by atoms with van der Waals surface area (Å²) in [6, 6.07) is 0. The Kier molecular flexibility index (Phi) is 6.17. The van der Waals surface area contributed by atoms with Crippen LogP contribution in [0.1, 0.15) is 28.1 Å². The fourth-order valence-electron chi connectivity index (χ4n) is 4.08. The zero-order chi connectivity index (χ0) is 26.3. The summed E-state index contributed by atoms with van der Waals surface area (Å²) in [6.07, 6.45) is 4.95. The van der Waals surface area contributed by atoms with Crippen LogP contribution in [0.25, 0.3) is 22.7 Å².